The standard InChI is InChI=1S/C16H19BrN2/c1-12-5-4-6-14(7-12)11-19(3)16-13(2)8-15(9-17)10-18-16/h4-8,10H,9,11H2,1-3H3. The number of aromatic nitrogens is 1. The van der Waals surface area contributed by atoms with Gasteiger partial charge in [-0.15, -0.1) is 0 Å². The van der Waals surface area contributed by atoms with Crippen LogP contribution in [0.5, 0.6) is 0 Å². The first-order valence-electron chi connectivity index (χ1n) is 6.38. The van der Waals surface area contributed by atoms with Crippen LogP contribution in [-0.2, 0) is 11.9 Å². The van der Waals surface area contributed by atoms with Crippen LogP contribution >= 0.6 is 15.9 Å². The molecular formula is C16H19BrN2. The average Bonchev–Trinajstić information content (AvgIpc) is 2.38. The second-order valence-corrected chi connectivity index (χ2v) is 5.52. The molecule has 2 nitrogen and oxygen atoms in total. The smallest absolute Gasteiger partial charge is 0.131 e. The Bertz CT molecular complexity index is 566. The third-order valence-electron chi connectivity index (χ3n) is 3.13. The molecule has 1 aromatic heterocycles. The lowest BCUT2D eigenvalue weighted by Gasteiger charge is -2.20. The zero-order valence-corrected chi connectivity index (χ0v) is 13.2. The van der Waals surface area contributed by atoms with Gasteiger partial charge in [0.05, 0.1) is 0 Å². The highest BCUT2D eigenvalue weighted by molar-refractivity contribution is 9.08. The van der Waals surface area contributed by atoms with Gasteiger partial charge in [-0.25, -0.2) is 4.98 Å². The van der Waals surface area contributed by atoms with Gasteiger partial charge < -0.3 is 4.90 Å². The summed E-state index contributed by atoms with van der Waals surface area (Å²) in [5, 5.41) is 0.850. The normalized spacial score (nSPS) is 10.5. The molecule has 100 valence electrons. The van der Waals surface area contributed by atoms with Crippen LogP contribution in [0.2, 0.25) is 0 Å². The molecule has 19 heavy (non-hydrogen) atoms. The van der Waals surface area contributed by atoms with E-state index < -0.39 is 0 Å². The predicted molar refractivity (Wildman–Crippen MR) is 84.9 cm³/mol. The molecule has 1 heterocycles. The molecule has 0 spiro atoms. The number of halogens is 1. The number of benzene rings is 1. The summed E-state index contributed by atoms with van der Waals surface area (Å²) in [5.41, 5.74) is 5.04. The number of nitrogens with zero attached hydrogens (tertiary/aromatic N) is 2. The number of hydrogen-bond donors (Lipinski definition) is 0. The van der Waals surface area contributed by atoms with Crippen molar-refractivity contribution >= 4 is 21.7 Å². The second kappa shape index (κ2) is 6.20. The fourth-order valence-electron chi connectivity index (χ4n) is 2.26. The van der Waals surface area contributed by atoms with Crippen molar-refractivity contribution in [1.82, 2.24) is 4.98 Å². The maximum Gasteiger partial charge on any atom is 0.131 e. The van der Waals surface area contributed by atoms with Crippen molar-refractivity contribution in [2.45, 2.75) is 25.7 Å². The molecule has 2 rings (SSSR count). The maximum absolute atomic E-state index is 4.56. The summed E-state index contributed by atoms with van der Waals surface area (Å²) >= 11 is 3.46. The molecule has 0 amide bonds. The average molecular weight is 319 g/mol. The summed E-state index contributed by atoms with van der Waals surface area (Å²) in [6.45, 7) is 5.11. The van der Waals surface area contributed by atoms with Crippen molar-refractivity contribution < 1.29 is 0 Å². The Labute approximate surface area is 123 Å². The molecule has 0 aliphatic carbocycles. The molecule has 0 bridgehead atoms. The lowest BCUT2D eigenvalue weighted by molar-refractivity contribution is 0.887. The highest BCUT2D eigenvalue weighted by atomic mass is 79.9. The summed E-state index contributed by atoms with van der Waals surface area (Å²) in [4.78, 5) is 6.76. The Balaban J connectivity index is 2.18. The van der Waals surface area contributed by atoms with Crippen LogP contribution in [0.1, 0.15) is 22.3 Å². The van der Waals surface area contributed by atoms with Gasteiger partial charge >= 0.3 is 0 Å². The molecule has 1 aromatic carbocycles. The van der Waals surface area contributed by atoms with Gasteiger partial charge in [0.25, 0.3) is 0 Å². The van der Waals surface area contributed by atoms with Crippen molar-refractivity contribution in [3.63, 3.8) is 0 Å². The van der Waals surface area contributed by atoms with Crippen LogP contribution in [0.3, 0.4) is 0 Å². The monoisotopic (exact) mass is 318 g/mol. The first-order chi connectivity index (χ1) is 9.10. The number of alkyl halides is 1. The highest BCUT2D eigenvalue weighted by Crippen LogP contribution is 2.20. The fraction of sp³-hybridized carbons (Fsp3) is 0.312. The van der Waals surface area contributed by atoms with Gasteiger partial charge in [0.1, 0.15) is 5.82 Å². The third kappa shape index (κ3) is 3.57. The minimum absolute atomic E-state index is 0.850. The Morgan fingerprint density at radius 2 is 1.95 bits per heavy atom. The molecule has 0 radical (unpaired) electrons. The van der Waals surface area contributed by atoms with Gasteiger partial charge in [-0.3, -0.25) is 0 Å². The molecule has 0 saturated carbocycles. The van der Waals surface area contributed by atoms with E-state index in [2.05, 4.69) is 77.0 Å². The molecular weight excluding hydrogens is 300 g/mol. The topological polar surface area (TPSA) is 16.1 Å². The first-order valence-corrected chi connectivity index (χ1v) is 7.50. The molecule has 0 atom stereocenters. The highest BCUT2D eigenvalue weighted by Gasteiger charge is 2.07. The number of hydrogen-bond acceptors (Lipinski definition) is 2. The second-order valence-electron chi connectivity index (χ2n) is 4.96. The van der Waals surface area contributed by atoms with E-state index in [4.69, 9.17) is 0 Å². The third-order valence-corrected chi connectivity index (χ3v) is 3.77. The first kappa shape index (κ1) is 14.1. The Morgan fingerprint density at radius 1 is 1.16 bits per heavy atom. The van der Waals surface area contributed by atoms with Crippen molar-refractivity contribution in [2.24, 2.45) is 0 Å². The van der Waals surface area contributed by atoms with Crippen LogP contribution < -0.4 is 4.90 Å². The van der Waals surface area contributed by atoms with Crippen molar-refractivity contribution in [3.05, 3.63) is 58.8 Å². The zero-order valence-electron chi connectivity index (χ0n) is 11.7. The van der Waals surface area contributed by atoms with E-state index in [0.29, 0.717) is 0 Å². The lowest BCUT2D eigenvalue weighted by atomic mass is 10.1. The van der Waals surface area contributed by atoms with Crippen LogP contribution in [0.4, 0.5) is 5.82 Å². The van der Waals surface area contributed by atoms with Crippen LogP contribution in [0.25, 0.3) is 0 Å². The fourth-order valence-corrected chi connectivity index (χ4v) is 2.56. The van der Waals surface area contributed by atoms with Gasteiger partial charge in [0, 0.05) is 25.1 Å². The van der Waals surface area contributed by atoms with E-state index in [0.717, 1.165) is 17.7 Å². The Kier molecular flexibility index (Phi) is 4.59. The summed E-state index contributed by atoms with van der Waals surface area (Å²) in [7, 11) is 2.09. The molecule has 0 aliphatic heterocycles. The quantitative estimate of drug-likeness (QED) is 0.784. The Hall–Kier alpha value is -1.35. The minimum atomic E-state index is 0.850. The van der Waals surface area contributed by atoms with Crippen molar-refractivity contribution in [3.8, 4) is 0 Å². The van der Waals surface area contributed by atoms with Gasteiger partial charge in [-0.05, 0) is 30.5 Å². The summed E-state index contributed by atoms with van der Waals surface area (Å²) in [5.74, 6) is 1.05. The molecule has 3 heteroatoms. The van der Waals surface area contributed by atoms with E-state index in [1.807, 2.05) is 6.20 Å². The van der Waals surface area contributed by atoms with E-state index in [1.54, 1.807) is 0 Å². The van der Waals surface area contributed by atoms with E-state index >= 15 is 0 Å². The number of aryl methyl sites for hydroxylation is 2. The summed E-state index contributed by atoms with van der Waals surface area (Å²) in [6.07, 6.45) is 1.93. The summed E-state index contributed by atoms with van der Waals surface area (Å²) in [6, 6.07) is 10.8. The number of rotatable bonds is 4. The molecule has 0 saturated heterocycles. The summed E-state index contributed by atoms with van der Waals surface area (Å²) < 4.78 is 0. The van der Waals surface area contributed by atoms with Crippen LogP contribution in [0.15, 0.2) is 36.5 Å². The molecule has 0 fully saturated rings. The van der Waals surface area contributed by atoms with Crippen LogP contribution in [0, 0.1) is 13.8 Å². The van der Waals surface area contributed by atoms with Crippen LogP contribution in [-0.4, -0.2) is 12.0 Å². The largest absolute Gasteiger partial charge is 0.355 e. The predicted octanol–water partition coefficient (Wildman–Crippen LogP) is 4.23. The zero-order chi connectivity index (χ0) is 13.8. The van der Waals surface area contributed by atoms with E-state index in [-0.39, 0.29) is 0 Å². The van der Waals surface area contributed by atoms with Gasteiger partial charge in [0.2, 0.25) is 0 Å². The van der Waals surface area contributed by atoms with Gasteiger partial charge in [-0.1, -0.05) is 51.8 Å². The SMILES string of the molecule is Cc1cccc(CN(C)c2ncc(CBr)cc2C)c1. The minimum Gasteiger partial charge on any atom is -0.355 e. The van der Waals surface area contributed by atoms with E-state index in [9.17, 15) is 0 Å². The maximum atomic E-state index is 4.56. The molecule has 2 aromatic rings. The van der Waals surface area contributed by atoms with Gasteiger partial charge in [0.15, 0.2) is 0 Å². The van der Waals surface area contributed by atoms with E-state index in [1.165, 1.54) is 22.3 Å². The number of pyridine rings is 1. The Morgan fingerprint density at radius 3 is 2.58 bits per heavy atom. The lowest BCUT2D eigenvalue weighted by Crippen LogP contribution is -2.19. The molecule has 0 unspecified atom stereocenters. The van der Waals surface area contributed by atoms with Crippen molar-refractivity contribution in [2.75, 3.05) is 11.9 Å². The van der Waals surface area contributed by atoms with Gasteiger partial charge in [-0.2, -0.15) is 0 Å². The number of anilines is 1. The van der Waals surface area contributed by atoms with Crippen molar-refractivity contribution in [1.29, 1.82) is 0 Å². The molecule has 0 aliphatic rings. The molecule has 0 N–H and O–H groups in total.